The molecular formula is C20H18ClN3O2. The Hall–Kier alpha value is -2.92. The van der Waals surface area contributed by atoms with Gasteiger partial charge in [-0.3, -0.25) is 14.2 Å². The maximum atomic E-state index is 12.3. The lowest BCUT2D eigenvalue weighted by molar-refractivity contribution is -0.116. The number of anilines is 1. The number of nitrogens with one attached hydrogen (secondary N) is 1. The van der Waals surface area contributed by atoms with Gasteiger partial charge in [0, 0.05) is 22.3 Å². The number of hydrogen-bond acceptors (Lipinski definition) is 3. The van der Waals surface area contributed by atoms with Gasteiger partial charge in [-0.25, -0.2) is 4.98 Å². The van der Waals surface area contributed by atoms with Crippen LogP contribution in [0.1, 0.15) is 11.1 Å². The molecule has 0 fully saturated rings. The first-order valence-corrected chi connectivity index (χ1v) is 8.50. The van der Waals surface area contributed by atoms with Crippen molar-refractivity contribution in [3.05, 3.63) is 81.4 Å². The average molecular weight is 368 g/mol. The summed E-state index contributed by atoms with van der Waals surface area (Å²) in [5, 5.41) is 3.45. The van der Waals surface area contributed by atoms with Gasteiger partial charge in [0.2, 0.25) is 5.91 Å². The van der Waals surface area contributed by atoms with Gasteiger partial charge in [0.05, 0.1) is 12.0 Å². The van der Waals surface area contributed by atoms with Crippen LogP contribution < -0.4 is 10.9 Å². The molecule has 1 aromatic heterocycles. The van der Waals surface area contributed by atoms with Crippen LogP contribution in [0, 0.1) is 13.8 Å². The summed E-state index contributed by atoms with van der Waals surface area (Å²) in [7, 11) is 0. The fraction of sp³-hybridized carbons (Fsp3) is 0.150. The summed E-state index contributed by atoms with van der Waals surface area (Å²) in [4.78, 5) is 28.9. The number of benzene rings is 2. The number of aryl methyl sites for hydroxylation is 1. The highest BCUT2D eigenvalue weighted by Gasteiger charge is 2.09. The molecule has 2 aromatic carbocycles. The zero-order valence-electron chi connectivity index (χ0n) is 14.5. The van der Waals surface area contributed by atoms with E-state index in [1.807, 2.05) is 32.0 Å². The molecule has 0 aliphatic rings. The molecule has 1 amide bonds. The van der Waals surface area contributed by atoms with Gasteiger partial charge in [-0.2, -0.15) is 0 Å². The van der Waals surface area contributed by atoms with E-state index in [1.165, 1.54) is 17.0 Å². The monoisotopic (exact) mass is 367 g/mol. The third-order valence-corrected chi connectivity index (χ3v) is 4.46. The highest BCUT2D eigenvalue weighted by Crippen LogP contribution is 2.19. The van der Waals surface area contributed by atoms with Crippen molar-refractivity contribution in [3.8, 4) is 11.3 Å². The second-order valence-corrected chi connectivity index (χ2v) is 6.48. The molecule has 132 valence electrons. The van der Waals surface area contributed by atoms with Gasteiger partial charge in [-0.15, -0.1) is 0 Å². The van der Waals surface area contributed by atoms with Crippen molar-refractivity contribution in [2.75, 3.05) is 5.32 Å². The van der Waals surface area contributed by atoms with Crippen LogP contribution in [-0.4, -0.2) is 15.5 Å². The quantitative estimate of drug-likeness (QED) is 0.762. The first kappa shape index (κ1) is 17.9. The van der Waals surface area contributed by atoms with Crippen molar-refractivity contribution in [3.63, 3.8) is 0 Å². The Kier molecular flexibility index (Phi) is 5.19. The summed E-state index contributed by atoms with van der Waals surface area (Å²) < 4.78 is 1.28. The topological polar surface area (TPSA) is 64.0 Å². The van der Waals surface area contributed by atoms with Crippen LogP contribution in [0.15, 0.2) is 59.7 Å². The predicted octanol–water partition coefficient (Wildman–Crippen LogP) is 3.82. The lowest BCUT2D eigenvalue weighted by atomic mass is 10.1. The van der Waals surface area contributed by atoms with E-state index in [4.69, 9.17) is 11.6 Å². The minimum atomic E-state index is -0.291. The van der Waals surface area contributed by atoms with Gasteiger partial charge in [0.1, 0.15) is 6.54 Å². The molecule has 26 heavy (non-hydrogen) atoms. The summed E-state index contributed by atoms with van der Waals surface area (Å²) in [5.41, 5.74) is 3.88. The highest BCUT2D eigenvalue weighted by atomic mass is 35.5. The molecule has 3 aromatic rings. The predicted molar refractivity (Wildman–Crippen MR) is 103 cm³/mol. The van der Waals surface area contributed by atoms with E-state index < -0.39 is 0 Å². The Balaban J connectivity index is 1.76. The minimum absolute atomic E-state index is 0.0971. The Morgan fingerprint density at radius 3 is 2.58 bits per heavy atom. The molecule has 0 aliphatic heterocycles. The summed E-state index contributed by atoms with van der Waals surface area (Å²) in [6.07, 6.45) is 1.38. The normalized spacial score (nSPS) is 10.6. The van der Waals surface area contributed by atoms with Crippen molar-refractivity contribution in [2.45, 2.75) is 20.4 Å². The van der Waals surface area contributed by atoms with Crippen LogP contribution in [0.25, 0.3) is 11.3 Å². The van der Waals surface area contributed by atoms with Crippen LogP contribution in [0.3, 0.4) is 0 Å². The van der Waals surface area contributed by atoms with Crippen LogP contribution in [0.5, 0.6) is 0 Å². The van der Waals surface area contributed by atoms with Crippen LogP contribution in [0.4, 0.5) is 5.69 Å². The second kappa shape index (κ2) is 7.54. The molecule has 5 nitrogen and oxygen atoms in total. The summed E-state index contributed by atoms with van der Waals surface area (Å²) in [6, 6.07) is 14.2. The second-order valence-electron chi connectivity index (χ2n) is 6.04. The van der Waals surface area contributed by atoms with Crippen molar-refractivity contribution in [1.29, 1.82) is 0 Å². The molecule has 0 saturated carbocycles. The zero-order valence-corrected chi connectivity index (χ0v) is 15.2. The van der Waals surface area contributed by atoms with Crippen molar-refractivity contribution in [1.82, 2.24) is 9.55 Å². The fourth-order valence-corrected chi connectivity index (χ4v) is 2.68. The van der Waals surface area contributed by atoms with E-state index in [0.717, 1.165) is 22.4 Å². The molecule has 3 rings (SSSR count). The number of hydrogen-bond donors (Lipinski definition) is 1. The molecule has 0 radical (unpaired) electrons. The van der Waals surface area contributed by atoms with Crippen LogP contribution >= 0.6 is 11.6 Å². The maximum absolute atomic E-state index is 12.3. The van der Waals surface area contributed by atoms with Gasteiger partial charge in [0.15, 0.2) is 0 Å². The number of rotatable bonds is 4. The third kappa shape index (κ3) is 4.00. The highest BCUT2D eigenvalue weighted by molar-refractivity contribution is 6.30. The fourth-order valence-electron chi connectivity index (χ4n) is 2.55. The molecule has 1 N–H and O–H groups in total. The number of aromatic nitrogens is 2. The Morgan fingerprint density at radius 1 is 1.15 bits per heavy atom. The molecule has 1 heterocycles. The summed E-state index contributed by atoms with van der Waals surface area (Å²) in [6.45, 7) is 3.83. The molecule has 0 spiro atoms. The molecule has 0 unspecified atom stereocenters. The standard InChI is InChI=1S/C20H18ClN3O2/c1-13-4-3-5-17(14(13)2)23-19(25)11-24-12-22-18(10-20(24)26)15-6-8-16(21)9-7-15/h3-10,12H,11H2,1-2H3,(H,23,25). The van der Waals surface area contributed by atoms with Crippen molar-refractivity contribution >= 4 is 23.2 Å². The first-order chi connectivity index (χ1) is 12.4. The molecule has 0 aliphatic carbocycles. The van der Waals surface area contributed by atoms with Crippen LogP contribution in [0.2, 0.25) is 5.02 Å². The summed E-state index contributed by atoms with van der Waals surface area (Å²) in [5.74, 6) is -0.276. The van der Waals surface area contributed by atoms with Crippen LogP contribution in [-0.2, 0) is 11.3 Å². The number of carbonyl (C=O) groups excluding carboxylic acids is 1. The van der Waals surface area contributed by atoms with E-state index in [0.29, 0.717) is 10.7 Å². The zero-order chi connectivity index (χ0) is 18.7. The average Bonchev–Trinajstić information content (AvgIpc) is 2.61. The minimum Gasteiger partial charge on any atom is -0.324 e. The van der Waals surface area contributed by atoms with Gasteiger partial charge < -0.3 is 5.32 Å². The first-order valence-electron chi connectivity index (χ1n) is 8.12. The summed E-state index contributed by atoms with van der Waals surface area (Å²) >= 11 is 5.87. The molecule has 0 bridgehead atoms. The Morgan fingerprint density at radius 2 is 1.88 bits per heavy atom. The smallest absolute Gasteiger partial charge is 0.254 e. The van der Waals surface area contributed by atoms with Gasteiger partial charge >= 0.3 is 0 Å². The molecule has 6 heteroatoms. The van der Waals surface area contributed by atoms with E-state index >= 15 is 0 Å². The van der Waals surface area contributed by atoms with E-state index in [1.54, 1.807) is 24.3 Å². The van der Waals surface area contributed by atoms with E-state index in [9.17, 15) is 9.59 Å². The maximum Gasteiger partial charge on any atom is 0.254 e. The number of carbonyl (C=O) groups is 1. The molecule has 0 atom stereocenters. The van der Waals surface area contributed by atoms with Gasteiger partial charge in [-0.05, 0) is 43.2 Å². The number of halogens is 1. The number of amides is 1. The third-order valence-electron chi connectivity index (χ3n) is 4.21. The number of nitrogens with zero attached hydrogens (tertiary/aromatic N) is 2. The van der Waals surface area contributed by atoms with Gasteiger partial charge in [-0.1, -0.05) is 35.9 Å². The SMILES string of the molecule is Cc1cccc(NC(=O)Cn2cnc(-c3ccc(Cl)cc3)cc2=O)c1C. The van der Waals surface area contributed by atoms with Crippen molar-refractivity contribution in [2.24, 2.45) is 0 Å². The molecular weight excluding hydrogens is 350 g/mol. The van der Waals surface area contributed by atoms with Gasteiger partial charge in [0.25, 0.3) is 5.56 Å². The van der Waals surface area contributed by atoms with E-state index in [2.05, 4.69) is 10.3 Å². The molecule has 0 saturated heterocycles. The van der Waals surface area contributed by atoms with E-state index in [-0.39, 0.29) is 18.0 Å². The van der Waals surface area contributed by atoms with Crippen molar-refractivity contribution < 1.29 is 4.79 Å². The lowest BCUT2D eigenvalue weighted by Gasteiger charge is -2.11. The Bertz CT molecular complexity index is 1010. The Labute approximate surface area is 156 Å². The largest absolute Gasteiger partial charge is 0.324 e. The lowest BCUT2D eigenvalue weighted by Crippen LogP contribution is -2.27.